The lowest BCUT2D eigenvalue weighted by Gasteiger charge is -2.31. The molecule has 0 aliphatic carbocycles. The summed E-state index contributed by atoms with van der Waals surface area (Å²) >= 11 is 4.40. The summed E-state index contributed by atoms with van der Waals surface area (Å²) in [7, 11) is 1.50. The SMILES string of the molecule is CC(C)(SS)c1cc(NC2COC2)nc(N2CCNCC2)n1. The van der Waals surface area contributed by atoms with Crippen LogP contribution in [-0.2, 0) is 9.48 Å². The third-order valence-corrected chi connectivity index (χ3v) is 5.98. The van der Waals surface area contributed by atoms with E-state index in [4.69, 9.17) is 14.7 Å². The average molecular weight is 342 g/mol. The molecule has 8 heteroatoms. The Balaban J connectivity index is 1.89. The van der Waals surface area contributed by atoms with Crippen molar-refractivity contribution in [1.29, 1.82) is 0 Å². The van der Waals surface area contributed by atoms with Gasteiger partial charge in [-0.2, -0.15) is 4.98 Å². The molecule has 0 spiro atoms. The number of anilines is 2. The summed E-state index contributed by atoms with van der Waals surface area (Å²) in [6, 6.07) is 2.39. The maximum atomic E-state index is 5.23. The minimum absolute atomic E-state index is 0.165. The van der Waals surface area contributed by atoms with E-state index in [0.29, 0.717) is 6.04 Å². The molecule has 2 N–H and O–H groups in total. The van der Waals surface area contributed by atoms with E-state index >= 15 is 0 Å². The minimum atomic E-state index is -0.165. The van der Waals surface area contributed by atoms with Crippen molar-refractivity contribution < 1.29 is 4.74 Å². The second-order valence-corrected chi connectivity index (χ2v) is 7.91. The summed E-state index contributed by atoms with van der Waals surface area (Å²) in [5.74, 6) is 1.68. The van der Waals surface area contributed by atoms with Gasteiger partial charge in [-0.15, -0.1) is 11.7 Å². The highest BCUT2D eigenvalue weighted by Gasteiger charge is 2.26. The number of thiol groups is 1. The third-order valence-electron chi connectivity index (χ3n) is 3.95. The first-order valence-corrected chi connectivity index (χ1v) is 9.47. The van der Waals surface area contributed by atoms with Crippen molar-refractivity contribution in [3.05, 3.63) is 11.8 Å². The highest BCUT2D eigenvalue weighted by Crippen LogP contribution is 2.38. The topological polar surface area (TPSA) is 62.3 Å². The van der Waals surface area contributed by atoms with E-state index in [9.17, 15) is 0 Å². The van der Waals surface area contributed by atoms with Gasteiger partial charge in [0.25, 0.3) is 0 Å². The van der Waals surface area contributed by atoms with Gasteiger partial charge >= 0.3 is 0 Å². The van der Waals surface area contributed by atoms with Crippen molar-refractivity contribution in [3.63, 3.8) is 0 Å². The molecule has 0 amide bonds. The molecule has 2 saturated heterocycles. The molecular formula is C14H23N5OS2. The summed E-state index contributed by atoms with van der Waals surface area (Å²) in [6.07, 6.45) is 0. The Morgan fingerprint density at radius 2 is 2.09 bits per heavy atom. The van der Waals surface area contributed by atoms with E-state index in [2.05, 4.69) is 41.0 Å². The Bertz CT molecular complexity index is 518. The number of nitrogens with one attached hydrogen (secondary N) is 2. The molecule has 3 heterocycles. The van der Waals surface area contributed by atoms with E-state index in [-0.39, 0.29) is 4.75 Å². The Labute approximate surface area is 140 Å². The first-order chi connectivity index (χ1) is 10.6. The molecule has 3 rings (SSSR count). The number of aromatic nitrogens is 2. The number of rotatable bonds is 5. The Kier molecular flexibility index (Phi) is 5.01. The molecule has 0 saturated carbocycles. The number of hydrogen-bond acceptors (Lipinski definition) is 8. The average Bonchev–Trinajstić information content (AvgIpc) is 2.51. The monoisotopic (exact) mass is 341 g/mol. The van der Waals surface area contributed by atoms with Gasteiger partial charge < -0.3 is 20.3 Å². The largest absolute Gasteiger partial charge is 0.377 e. The molecule has 1 aromatic rings. The van der Waals surface area contributed by atoms with Crippen molar-refractivity contribution in [3.8, 4) is 0 Å². The van der Waals surface area contributed by atoms with Crippen molar-refractivity contribution in [2.45, 2.75) is 24.6 Å². The fraction of sp³-hybridized carbons (Fsp3) is 0.714. The van der Waals surface area contributed by atoms with Crippen LogP contribution in [0, 0.1) is 0 Å². The summed E-state index contributed by atoms with van der Waals surface area (Å²) in [5.41, 5.74) is 0.999. The molecule has 6 nitrogen and oxygen atoms in total. The zero-order chi connectivity index (χ0) is 15.6. The van der Waals surface area contributed by atoms with Crippen molar-refractivity contribution in [2.24, 2.45) is 0 Å². The van der Waals surface area contributed by atoms with Gasteiger partial charge in [-0.3, -0.25) is 0 Å². The van der Waals surface area contributed by atoms with Crippen LogP contribution in [-0.4, -0.2) is 55.4 Å². The summed E-state index contributed by atoms with van der Waals surface area (Å²) in [5, 5.41) is 6.80. The van der Waals surface area contributed by atoms with Crippen LogP contribution in [0.25, 0.3) is 0 Å². The van der Waals surface area contributed by atoms with Crippen molar-refractivity contribution >= 4 is 34.2 Å². The van der Waals surface area contributed by atoms with Crippen LogP contribution < -0.4 is 15.5 Å². The molecule has 0 radical (unpaired) electrons. The molecule has 2 fully saturated rings. The first kappa shape index (κ1) is 16.2. The number of nitrogens with zero attached hydrogens (tertiary/aromatic N) is 3. The first-order valence-electron chi connectivity index (χ1n) is 7.60. The molecule has 0 unspecified atom stereocenters. The quantitative estimate of drug-likeness (QED) is 0.554. The molecule has 1 aromatic heterocycles. The normalized spacial score (nSPS) is 19.9. The van der Waals surface area contributed by atoms with Crippen LogP contribution in [0.4, 0.5) is 11.8 Å². The molecule has 2 aliphatic rings. The molecule has 0 aromatic carbocycles. The van der Waals surface area contributed by atoms with E-state index in [1.807, 2.05) is 6.07 Å². The highest BCUT2D eigenvalue weighted by molar-refractivity contribution is 8.68. The smallest absolute Gasteiger partial charge is 0.227 e. The van der Waals surface area contributed by atoms with Crippen LogP contribution in [0.5, 0.6) is 0 Å². The predicted octanol–water partition coefficient (Wildman–Crippen LogP) is 1.51. The van der Waals surface area contributed by atoms with Crippen LogP contribution in [0.2, 0.25) is 0 Å². The van der Waals surface area contributed by atoms with Gasteiger partial charge in [-0.25, -0.2) is 4.98 Å². The van der Waals surface area contributed by atoms with E-state index < -0.39 is 0 Å². The fourth-order valence-electron chi connectivity index (χ4n) is 2.40. The molecule has 0 bridgehead atoms. The van der Waals surface area contributed by atoms with Gasteiger partial charge in [0.15, 0.2) is 0 Å². The van der Waals surface area contributed by atoms with E-state index in [0.717, 1.165) is 56.9 Å². The standard InChI is InChI=1S/C14H23N5OS2/c1-14(2,22-21)11-7-12(16-10-8-20-9-10)18-13(17-11)19-5-3-15-4-6-19/h7,10,15,21H,3-6,8-9H2,1-2H3,(H,16,17,18). The predicted molar refractivity (Wildman–Crippen MR) is 94.9 cm³/mol. The fourth-order valence-corrected chi connectivity index (χ4v) is 2.88. The second kappa shape index (κ2) is 6.82. The van der Waals surface area contributed by atoms with Crippen LogP contribution >= 0.6 is 22.5 Å². The minimum Gasteiger partial charge on any atom is -0.377 e. The Morgan fingerprint density at radius 1 is 1.36 bits per heavy atom. The Hall–Kier alpha value is -0.700. The van der Waals surface area contributed by atoms with Crippen molar-refractivity contribution in [2.75, 3.05) is 49.6 Å². The second-order valence-electron chi connectivity index (χ2n) is 6.16. The maximum absolute atomic E-state index is 5.23. The maximum Gasteiger partial charge on any atom is 0.227 e. The zero-order valence-corrected chi connectivity index (χ0v) is 14.7. The van der Waals surface area contributed by atoms with Crippen LogP contribution in [0.3, 0.4) is 0 Å². The lowest BCUT2D eigenvalue weighted by molar-refractivity contribution is 0.0209. The molecular weight excluding hydrogens is 318 g/mol. The molecule has 2 aliphatic heterocycles. The van der Waals surface area contributed by atoms with Crippen molar-refractivity contribution in [1.82, 2.24) is 15.3 Å². The number of piperazine rings is 1. The van der Waals surface area contributed by atoms with E-state index in [1.165, 1.54) is 10.8 Å². The van der Waals surface area contributed by atoms with Gasteiger partial charge in [0, 0.05) is 32.2 Å². The van der Waals surface area contributed by atoms with Gasteiger partial charge in [-0.1, -0.05) is 10.8 Å². The zero-order valence-electron chi connectivity index (χ0n) is 13.0. The molecule has 122 valence electrons. The summed E-state index contributed by atoms with van der Waals surface area (Å²) < 4.78 is 5.07. The van der Waals surface area contributed by atoms with Gasteiger partial charge in [0.05, 0.1) is 29.7 Å². The Morgan fingerprint density at radius 3 is 2.68 bits per heavy atom. The number of hydrogen-bond donors (Lipinski definition) is 3. The van der Waals surface area contributed by atoms with Gasteiger partial charge in [0.2, 0.25) is 5.95 Å². The third kappa shape index (κ3) is 3.61. The van der Waals surface area contributed by atoms with Crippen LogP contribution in [0.1, 0.15) is 19.5 Å². The summed E-state index contributed by atoms with van der Waals surface area (Å²) in [4.78, 5) is 11.7. The van der Waals surface area contributed by atoms with Crippen LogP contribution in [0.15, 0.2) is 6.07 Å². The van der Waals surface area contributed by atoms with Gasteiger partial charge in [0.1, 0.15) is 5.82 Å². The highest BCUT2D eigenvalue weighted by atomic mass is 33.1. The summed E-state index contributed by atoms with van der Waals surface area (Å²) in [6.45, 7) is 9.55. The molecule has 0 atom stereocenters. The van der Waals surface area contributed by atoms with E-state index in [1.54, 1.807) is 0 Å². The lowest BCUT2D eigenvalue weighted by atomic mass is 10.1. The van der Waals surface area contributed by atoms with Gasteiger partial charge in [-0.05, 0) is 13.8 Å². The number of ether oxygens (including phenoxy) is 1. The molecule has 22 heavy (non-hydrogen) atoms. The lowest BCUT2D eigenvalue weighted by Crippen LogP contribution is -2.45.